The predicted molar refractivity (Wildman–Crippen MR) is 73.7 cm³/mol. The van der Waals surface area contributed by atoms with E-state index < -0.39 is 0 Å². The molecule has 0 spiro atoms. The lowest BCUT2D eigenvalue weighted by atomic mass is 10.1. The van der Waals surface area contributed by atoms with Gasteiger partial charge >= 0.3 is 0 Å². The minimum absolute atomic E-state index is 0.634. The zero-order valence-electron chi connectivity index (χ0n) is 11.7. The zero-order valence-corrected chi connectivity index (χ0v) is 11.7. The average molecular weight is 260 g/mol. The maximum Gasteiger partial charge on any atom is 0.208 e. The van der Waals surface area contributed by atoms with Crippen molar-refractivity contribution in [1.82, 2.24) is 10.3 Å². The number of ether oxygens (including phenoxy) is 1. The van der Waals surface area contributed by atoms with Crippen LogP contribution in [0, 0.1) is 13.8 Å². The molecule has 0 saturated heterocycles. The van der Waals surface area contributed by atoms with Gasteiger partial charge in [-0.2, -0.15) is 0 Å². The summed E-state index contributed by atoms with van der Waals surface area (Å²) in [6.07, 6.45) is 0. The van der Waals surface area contributed by atoms with E-state index in [0.29, 0.717) is 13.2 Å². The summed E-state index contributed by atoms with van der Waals surface area (Å²) in [4.78, 5) is 4.35. The summed E-state index contributed by atoms with van der Waals surface area (Å²) in [5, 5.41) is 3.35. The number of hydrogen-bond acceptors (Lipinski definition) is 4. The smallest absolute Gasteiger partial charge is 0.208 e. The van der Waals surface area contributed by atoms with Crippen LogP contribution in [-0.4, -0.2) is 12.1 Å². The van der Waals surface area contributed by atoms with E-state index in [4.69, 9.17) is 9.15 Å². The summed E-state index contributed by atoms with van der Waals surface area (Å²) in [6, 6.07) is 8.25. The molecule has 0 aliphatic heterocycles. The van der Waals surface area contributed by atoms with Gasteiger partial charge in [-0.1, -0.05) is 24.3 Å². The number of aromatic nitrogens is 1. The standard InChI is InChI=1S/C15H20N2O2/c1-11-12(2)19-15(17-11)9-16-8-13-6-4-5-7-14(13)10-18-3/h4-7,16H,8-10H2,1-3H3. The van der Waals surface area contributed by atoms with Crippen LogP contribution >= 0.6 is 0 Å². The third-order valence-electron chi connectivity index (χ3n) is 3.08. The first-order valence-corrected chi connectivity index (χ1v) is 6.40. The highest BCUT2D eigenvalue weighted by Gasteiger charge is 2.06. The summed E-state index contributed by atoms with van der Waals surface area (Å²) >= 11 is 0. The van der Waals surface area contributed by atoms with Gasteiger partial charge in [0.25, 0.3) is 0 Å². The molecule has 2 rings (SSSR count). The molecule has 1 N–H and O–H groups in total. The molecule has 4 nitrogen and oxygen atoms in total. The summed E-state index contributed by atoms with van der Waals surface area (Å²) in [5.41, 5.74) is 3.40. The Hall–Kier alpha value is -1.65. The Kier molecular flexibility index (Phi) is 4.71. The van der Waals surface area contributed by atoms with Crippen molar-refractivity contribution in [2.45, 2.75) is 33.5 Å². The number of aryl methyl sites for hydroxylation is 2. The molecule has 2 aromatic rings. The van der Waals surface area contributed by atoms with Crippen molar-refractivity contribution < 1.29 is 9.15 Å². The van der Waals surface area contributed by atoms with E-state index in [1.165, 1.54) is 11.1 Å². The quantitative estimate of drug-likeness (QED) is 0.867. The van der Waals surface area contributed by atoms with Gasteiger partial charge in [-0.15, -0.1) is 0 Å². The fraction of sp³-hybridized carbons (Fsp3) is 0.400. The van der Waals surface area contributed by atoms with Crippen LogP contribution in [0.1, 0.15) is 28.5 Å². The van der Waals surface area contributed by atoms with Crippen molar-refractivity contribution in [3.05, 3.63) is 52.7 Å². The fourth-order valence-electron chi connectivity index (χ4n) is 1.95. The summed E-state index contributed by atoms with van der Waals surface area (Å²) < 4.78 is 10.7. The molecular formula is C15H20N2O2. The van der Waals surface area contributed by atoms with Crippen LogP contribution in [0.15, 0.2) is 28.7 Å². The zero-order chi connectivity index (χ0) is 13.7. The number of nitrogens with zero attached hydrogens (tertiary/aromatic N) is 1. The van der Waals surface area contributed by atoms with Crippen LogP contribution in [0.5, 0.6) is 0 Å². The van der Waals surface area contributed by atoms with Crippen LogP contribution in [0.2, 0.25) is 0 Å². The summed E-state index contributed by atoms with van der Waals surface area (Å²) in [5.74, 6) is 1.62. The normalized spacial score (nSPS) is 10.9. The van der Waals surface area contributed by atoms with Gasteiger partial charge < -0.3 is 14.5 Å². The first-order valence-electron chi connectivity index (χ1n) is 6.40. The molecule has 0 amide bonds. The highest BCUT2D eigenvalue weighted by Crippen LogP contribution is 2.11. The van der Waals surface area contributed by atoms with Crippen molar-refractivity contribution in [3.8, 4) is 0 Å². The topological polar surface area (TPSA) is 47.3 Å². The van der Waals surface area contributed by atoms with E-state index in [-0.39, 0.29) is 0 Å². The van der Waals surface area contributed by atoms with Gasteiger partial charge in [-0.05, 0) is 25.0 Å². The summed E-state index contributed by atoms with van der Waals surface area (Å²) in [7, 11) is 1.71. The Morgan fingerprint density at radius 3 is 2.53 bits per heavy atom. The molecule has 1 aromatic heterocycles. The Labute approximate surface area is 113 Å². The lowest BCUT2D eigenvalue weighted by molar-refractivity contribution is 0.184. The molecule has 102 valence electrons. The number of methoxy groups -OCH3 is 1. The molecule has 19 heavy (non-hydrogen) atoms. The largest absolute Gasteiger partial charge is 0.444 e. The van der Waals surface area contributed by atoms with Crippen LogP contribution < -0.4 is 5.32 Å². The van der Waals surface area contributed by atoms with Gasteiger partial charge in [0.2, 0.25) is 5.89 Å². The molecule has 0 aliphatic carbocycles. The van der Waals surface area contributed by atoms with Crippen molar-refractivity contribution in [2.24, 2.45) is 0 Å². The first kappa shape index (κ1) is 13.8. The number of oxazole rings is 1. The molecular weight excluding hydrogens is 240 g/mol. The minimum atomic E-state index is 0.634. The van der Waals surface area contributed by atoms with E-state index in [2.05, 4.69) is 22.4 Å². The van der Waals surface area contributed by atoms with E-state index in [1.807, 2.05) is 26.0 Å². The second-order valence-electron chi connectivity index (χ2n) is 4.55. The Balaban J connectivity index is 1.92. The van der Waals surface area contributed by atoms with Crippen LogP contribution in [0.3, 0.4) is 0 Å². The van der Waals surface area contributed by atoms with Crippen LogP contribution in [0.4, 0.5) is 0 Å². The summed E-state index contributed by atoms with van der Waals surface area (Å²) in [6.45, 7) is 5.93. The van der Waals surface area contributed by atoms with Crippen molar-refractivity contribution >= 4 is 0 Å². The third-order valence-corrected chi connectivity index (χ3v) is 3.08. The van der Waals surface area contributed by atoms with Gasteiger partial charge in [0, 0.05) is 13.7 Å². The van der Waals surface area contributed by atoms with E-state index in [0.717, 1.165) is 23.9 Å². The van der Waals surface area contributed by atoms with Crippen LogP contribution in [0.25, 0.3) is 0 Å². The molecule has 0 bridgehead atoms. The Morgan fingerprint density at radius 1 is 1.16 bits per heavy atom. The van der Waals surface area contributed by atoms with Gasteiger partial charge in [-0.3, -0.25) is 0 Å². The van der Waals surface area contributed by atoms with Gasteiger partial charge in [0.1, 0.15) is 5.76 Å². The van der Waals surface area contributed by atoms with Gasteiger partial charge in [-0.25, -0.2) is 4.98 Å². The SMILES string of the molecule is COCc1ccccc1CNCc1nc(C)c(C)o1. The number of nitrogens with one attached hydrogen (secondary N) is 1. The van der Waals surface area contributed by atoms with Crippen molar-refractivity contribution in [3.63, 3.8) is 0 Å². The van der Waals surface area contributed by atoms with E-state index >= 15 is 0 Å². The van der Waals surface area contributed by atoms with Crippen molar-refractivity contribution in [2.75, 3.05) is 7.11 Å². The molecule has 0 unspecified atom stereocenters. The number of benzene rings is 1. The molecule has 4 heteroatoms. The fourth-order valence-corrected chi connectivity index (χ4v) is 1.95. The monoisotopic (exact) mass is 260 g/mol. The maximum absolute atomic E-state index is 5.53. The van der Waals surface area contributed by atoms with Crippen molar-refractivity contribution in [1.29, 1.82) is 0 Å². The molecule has 1 heterocycles. The third kappa shape index (κ3) is 3.66. The molecule has 0 radical (unpaired) electrons. The Bertz CT molecular complexity index is 515. The molecule has 0 saturated carbocycles. The molecule has 0 fully saturated rings. The van der Waals surface area contributed by atoms with Gasteiger partial charge in [0.15, 0.2) is 0 Å². The number of hydrogen-bond donors (Lipinski definition) is 1. The highest BCUT2D eigenvalue weighted by molar-refractivity contribution is 5.26. The van der Waals surface area contributed by atoms with Crippen LogP contribution in [-0.2, 0) is 24.4 Å². The second kappa shape index (κ2) is 6.50. The lowest BCUT2D eigenvalue weighted by Gasteiger charge is -2.08. The Morgan fingerprint density at radius 2 is 1.89 bits per heavy atom. The van der Waals surface area contributed by atoms with Gasteiger partial charge in [0.05, 0.1) is 18.8 Å². The average Bonchev–Trinajstić information content (AvgIpc) is 2.71. The first-order chi connectivity index (χ1) is 9.20. The van der Waals surface area contributed by atoms with E-state index in [9.17, 15) is 0 Å². The number of rotatable bonds is 6. The maximum atomic E-state index is 5.53. The lowest BCUT2D eigenvalue weighted by Crippen LogP contribution is -2.14. The second-order valence-corrected chi connectivity index (χ2v) is 4.55. The highest BCUT2D eigenvalue weighted by atomic mass is 16.5. The van der Waals surface area contributed by atoms with E-state index in [1.54, 1.807) is 7.11 Å². The minimum Gasteiger partial charge on any atom is -0.444 e. The molecule has 0 atom stereocenters. The molecule has 1 aromatic carbocycles. The molecule has 0 aliphatic rings. The predicted octanol–water partition coefficient (Wildman–Crippen LogP) is 2.73.